The second-order valence-electron chi connectivity index (χ2n) is 6.94. The molecule has 6 nitrogen and oxygen atoms in total. The molecule has 4 aromatic rings. The van der Waals surface area contributed by atoms with Gasteiger partial charge in [-0.15, -0.1) is 0 Å². The maximum Gasteiger partial charge on any atom is 0.227 e. The predicted molar refractivity (Wildman–Crippen MR) is 120 cm³/mol. The quantitative estimate of drug-likeness (QED) is 0.355. The Hall–Kier alpha value is -3.80. The van der Waals surface area contributed by atoms with E-state index in [1.165, 1.54) is 0 Å². The fourth-order valence-electron chi connectivity index (χ4n) is 3.17. The van der Waals surface area contributed by atoms with Crippen molar-refractivity contribution in [1.29, 1.82) is 0 Å². The van der Waals surface area contributed by atoms with Gasteiger partial charge in [0.1, 0.15) is 5.52 Å². The van der Waals surface area contributed by atoms with Gasteiger partial charge in [-0.25, -0.2) is 4.98 Å². The Morgan fingerprint density at radius 1 is 0.935 bits per heavy atom. The van der Waals surface area contributed by atoms with Crippen LogP contribution in [0.15, 0.2) is 77.2 Å². The van der Waals surface area contributed by atoms with Gasteiger partial charge in [-0.1, -0.05) is 24.3 Å². The van der Waals surface area contributed by atoms with E-state index in [0.29, 0.717) is 43.4 Å². The van der Waals surface area contributed by atoms with E-state index in [9.17, 15) is 4.79 Å². The molecule has 0 saturated heterocycles. The summed E-state index contributed by atoms with van der Waals surface area (Å²) in [5.41, 5.74) is 3.16. The van der Waals surface area contributed by atoms with E-state index in [-0.39, 0.29) is 5.91 Å². The van der Waals surface area contributed by atoms with Crippen molar-refractivity contribution in [3.63, 3.8) is 0 Å². The van der Waals surface area contributed by atoms with E-state index in [2.05, 4.69) is 10.3 Å². The molecule has 1 aromatic heterocycles. The fraction of sp³-hybridized carbons (Fsp3) is 0.200. The van der Waals surface area contributed by atoms with Crippen LogP contribution in [0.5, 0.6) is 11.5 Å². The predicted octanol–water partition coefficient (Wildman–Crippen LogP) is 5.69. The molecule has 1 N–H and O–H groups in total. The number of nitrogens with zero attached hydrogens (tertiary/aromatic N) is 1. The van der Waals surface area contributed by atoms with E-state index in [4.69, 9.17) is 13.9 Å². The number of para-hydroxylation sites is 4. The minimum absolute atomic E-state index is 0.0590. The molecular formula is C25H24N2O4. The number of hydrogen-bond acceptors (Lipinski definition) is 5. The third-order valence-electron chi connectivity index (χ3n) is 4.66. The number of nitrogens with one attached hydrogen (secondary N) is 1. The van der Waals surface area contributed by atoms with Gasteiger partial charge in [0.2, 0.25) is 11.8 Å². The normalized spacial score (nSPS) is 10.7. The van der Waals surface area contributed by atoms with Crippen molar-refractivity contribution in [2.24, 2.45) is 0 Å². The Balaban J connectivity index is 1.26. The average molecular weight is 416 g/mol. The summed E-state index contributed by atoms with van der Waals surface area (Å²) in [6.45, 7) is 2.95. The summed E-state index contributed by atoms with van der Waals surface area (Å²) in [4.78, 5) is 16.7. The molecule has 0 spiro atoms. The number of hydrogen-bond donors (Lipinski definition) is 1. The van der Waals surface area contributed by atoms with Crippen LogP contribution < -0.4 is 14.8 Å². The maximum atomic E-state index is 12.2. The molecule has 6 heteroatoms. The molecule has 31 heavy (non-hydrogen) atoms. The first-order valence-electron chi connectivity index (χ1n) is 10.3. The SMILES string of the molecule is CCOc1ccccc1OCCCC(=O)Nc1ccc(-c2nc3ccccc3o2)cc1. The summed E-state index contributed by atoms with van der Waals surface area (Å²) in [7, 11) is 0. The van der Waals surface area contributed by atoms with Gasteiger partial charge in [0, 0.05) is 17.7 Å². The molecule has 3 aromatic carbocycles. The molecule has 4 rings (SSSR count). The molecule has 158 valence electrons. The van der Waals surface area contributed by atoms with Crippen molar-refractivity contribution < 1.29 is 18.7 Å². The van der Waals surface area contributed by atoms with Gasteiger partial charge in [0.15, 0.2) is 17.1 Å². The maximum absolute atomic E-state index is 12.2. The first-order valence-corrected chi connectivity index (χ1v) is 10.3. The van der Waals surface area contributed by atoms with E-state index >= 15 is 0 Å². The van der Waals surface area contributed by atoms with Crippen molar-refractivity contribution in [1.82, 2.24) is 4.98 Å². The molecular weight excluding hydrogens is 392 g/mol. The summed E-state index contributed by atoms with van der Waals surface area (Å²) in [5.74, 6) is 1.91. The van der Waals surface area contributed by atoms with Crippen molar-refractivity contribution in [2.75, 3.05) is 18.5 Å². The van der Waals surface area contributed by atoms with Gasteiger partial charge in [-0.3, -0.25) is 4.79 Å². The van der Waals surface area contributed by atoms with Crippen molar-refractivity contribution >= 4 is 22.7 Å². The molecule has 0 fully saturated rings. The first kappa shape index (κ1) is 20.5. The monoisotopic (exact) mass is 416 g/mol. The van der Waals surface area contributed by atoms with Crippen LogP contribution in [0.25, 0.3) is 22.6 Å². The lowest BCUT2D eigenvalue weighted by Crippen LogP contribution is -2.12. The van der Waals surface area contributed by atoms with Gasteiger partial charge in [0.05, 0.1) is 13.2 Å². The number of anilines is 1. The summed E-state index contributed by atoms with van der Waals surface area (Å²) in [6, 6.07) is 22.6. The van der Waals surface area contributed by atoms with E-state index in [0.717, 1.165) is 22.4 Å². The Kier molecular flexibility index (Phi) is 6.47. The van der Waals surface area contributed by atoms with Gasteiger partial charge >= 0.3 is 0 Å². The molecule has 1 amide bonds. The van der Waals surface area contributed by atoms with Crippen LogP contribution in [0, 0.1) is 0 Å². The molecule has 1 heterocycles. The minimum atomic E-state index is -0.0590. The third kappa shape index (κ3) is 5.22. The van der Waals surface area contributed by atoms with Crippen LogP contribution in [-0.4, -0.2) is 24.1 Å². The Morgan fingerprint density at radius 3 is 2.39 bits per heavy atom. The highest BCUT2D eigenvalue weighted by Crippen LogP contribution is 2.27. The minimum Gasteiger partial charge on any atom is -0.490 e. The van der Waals surface area contributed by atoms with Gasteiger partial charge < -0.3 is 19.2 Å². The van der Waals surface area contributed by atoms with Crippen LogP contribution in [0.2, 0.25) is 0 Å². The van der Waals surface area contributed by atoms with Crippen molar-refractivity contribution in [3.05, 3.63) is 72.8 Å². The Bertz CT molecular complexity index is 1120. The largest absolute Gasteiger partial charge is 0.490 e. The van der Waals surface area contributed by atoms with Crippen LogP contribution in [0.4, 0.5) is 5.69 Å². The zero-order valence-electron chi connectivity index (χ0n) is 17.3. The molecule has 0 unspecified atom stereocenters. The van der Waals surface area contributed by atoms with Crippen LogP contribution in [0.3, 0.4) is 0 Å². The lowest BCUT2D eigenvalue weighted by Gasteiger charge is -2.11. The lowest BCUT2D eigenvalue weighted by molar-refractivity contribution is -0.116. The standard InChI is InChI=1S/C25H24N2O4/c1-2-29-22-10-5-6-11-23(22)30-17-7-12-24(28)26-19-15-13-18(14-16-19)25-27-20-8-3-4-9-21(20)31-25/h3-6,8-11,13-16H,2,7,12,17H2,1H3,(H,26,28). The molecule has 0 aliphatic heterocycles. The highest BCUT2D eigenvalue weighted by Gasteiger charge is 2.09. The van der Waals surface area contributed by atoms with Gasteiger partial charge in [-0.05, 0) is 61.9 Å². The van der Waals surface area contributed by atoms with Gasteiger partial charge in [-0.2, -0.15) is 0 Å². The van der Waals surface area contributed by atoms with Crippen molar-refractivity contribution in [3.8, 4) is 23.0 Å². The highest BCUT2D eigenvalue weighted by atomic mass is 16.5. The Morgan fingerprint density at radius 2 is 1.65 bits per heavy atom. The summed E-state index contributed by atoms with van der Waals surface area (Å²) < 4.78 is 17.1. The topological polar surface area (TPSA) is 73.6 Å². The first-order chi connectivity index (χ1) is 15.2. The number of carbonyl (C=O) groups is 1. The number of aromatic nitrogens is 1. The molecule has 0 radical (unpaired) electrons. The lowest BCUT2D eigenvalue weighted by atomic mass is 10.2. The van der Waals surface area contributed by atoms with Crippen LogP contribution >= 0.6 is 0 Å². The van der Waals surface area contributed by atoms with Crippen LogP contribution in [-0.2, 0) is 4.79 Å². The van der Waals surface area contributed by atoms with E-state index < -0.39 is 0 Å². The second kappa shape index (κ2) is 9.80. The van der Waals surface area contributed by atoms with Crippen LogP contribution in [0.1, 0.15) is 19.8 Å². The Labute approximate surface area is 180 Å². The van der Waals surface area contributed by atoms with Gasteiger partial charge in [0.25, 0.3) is 0 Å². The zero-order chi connectivity index (χ0) is 21.5. The molecule has 0 atom stereocenters. The number of ether oxygens (including phenoxy) is 2. The molecule has 0 aliphatic rings. The summed E-state index contributed by atoms with van der Waals surface area (Å²) in [5, 5.41) is 2.91. The molecule has 0 aliphatic carbocycles. The smallest absolute Gasteiger partial charge is 0.227 e. The number of rotatable bonds is 9. The summed E-state index contributed by atoms with van der Waals surface area (Å²) in [6.07, 6.45) is 0.969. The second-order valence-corrected chi connectivity index (χ2v) is 6.94. The average Bonchev–Trinajstić information content (AvgIpc) is 3.23. The van der Waals surface area contributed by atoms with E-state index in [1.54, 1.807) is 0 Å². The number of oxazole rings is 1. The summed E-state index contributed by atoms with van der Waals surface area (Å²) >= 11 is 0. The third-order valence-corrected chi connectivity index (χ3v) is 4.66. The fourth-order valence-corrected chi connectivity index (χ4v) is 3.17. The molecule has 0 bridgehead atoms. The van der Waals surface area contributed by atoms with E-state index in [1.807, 2.05) is 79.7 Å². The highest BCUT2D eigenvalue weighted by molar-refractivity contribution is 5.91. The number of carbonyl (C=O) groups excluding carboxylic acids is 1. The van der Waals surface area contributed by atoms with Crippen molar-refractivity contribution in [2.45, 2.75) is 19.8 Å². The zero-order valence-corrected chi connectivity index (χ0v) is 17.3. The number of benzene rings is 3. The number of amides is 1. The number of fused-ring (bicyclic) bond motifs is 1. The molecule has 0 saturated carbocycles.